The molecule has 0 spiro atoms. The van der Waals surface area contributed by atoms with E-state index in [1.807, 2.05) is 45.3 Å². The van der Waals surface area contributed by atoms with Crippen LogP contribution in [-0.4, -0.2) is 45.4 Å². The fraction of sp³-hybridized carbons (Fsp3) is 0.348. The lowest BCUT2D eigenvalue weighted by molar-refractivity contribution is -0.113. The van der Waals surface area contributed by atoms with Gasteiger partial charge in [0.05, 0.1) is 34.1 Å². The number of carbonyl (C=O) groups is 1. The Morgan fingerprint density at radius 2 is 1.88 bits per heavy atom. The van der Waals surface area contributed by atoms with Crippen molar-refractivity contribution in [2.45, 2.75) is 38.0 Å². The van der Waals surface area contributed by atoms with E-state index in [4.69, 9.17) is 23.2 Å². The number of anilines is 1. The van der Waals surface area contributed by atoms with Crippen LogP contribution >= 0.6 is 35.0 Å². The van der Waals surface area contributed by atoms with Crippen molar-refractivity contribution in [2.24, 2.45) is 0 Å². The van der Waals surface area contributed by atoms with Crippen LogP contribution in [0.1, 0.15) is 36.3 Å². The molecule has 1 atom stereocenters. The highest BCUT2D eigenvalue weighted by Gasteiger charge is 2.23. The maximum Gasteiger partial charge on any atom is 0.234 e. The van der Waals surface area contributed by atoms with Gasteiger partial charge in [0.15, 0.2) is 11.0 Å². The Balaban J connectivity index is 1.81. The minimum atomic E-state index is -0.208. The number of nitrogens with one attached hydrogen (secondary N) is 1. The Labute approximate surface area is 203 Å². The molecular formula is C23H27Cl2N5OS. The Bertz CT molecular complexity index is 1070. The molecule has 6 nitrogen and oxygen atoms in total. The second kappa shape index (κ2) is 11.2. The molecule has 0 saturated heterocycles. The quantitative estimate of drug-likeness (QED) is 0.389. The number of hydrogen-bond acceptors (Lipinski definition) is 5. The molecule has 3 rings (SSSR count). The third kappa shape index (κ3) is 5.84. The first-order valence-corrected chi connectivity index (χ1v) is 12.1. The minimum Gasteiger partial charge on any atom is -0.323 e. The smallest absolute Gasteiger partial charge is 0.234 e. The lowest BCUT2D eigenvalue weighted by Crippen LogP contribution is -2.23. The summed E-state index contributed by atoms with van der Waals surface area (Å²) in [4.78, 5) is 14.8. The molecule has 1 unspecified atom stereocenters. The van der Waals surface area contributed by atoms with E-state index in [0.29, 0.717) is 27.4 Å². The number of aryl methyl sites for hydroxylation is 1. The van der Waals surface area contributed by atoms with Gasteiger partial charge in [0, 0.05) is 0 Å². The number of rotatable bonds is 9. The topological polar surface area (TPSA) is 63.1 Å². The molecule has 32 heavy (non-hydrogen) atoms. The van der Waals surface area contributed by atoms with Crippen molar-refractivity contribution >= 4 is 46.6 Å². The standard InChI is InChI=1S/C23H27Cl2N5OS/c1-5-18(29(3)4)22-27-28-23(30(22)13-16-9-7-6-8-10-16)32-14-19(31)26-21-17(24)12-11-15(2)20(21)25/h6-12,18H,5,13-14H2,1-4H3,(H,26,31). The number of carbonyl (C=O) groups excluding carboxylic acids is 1. The molecule has 0 aliphatic heterocycles. The van der Waals surface area contributed by atoms with Crippen LogP contribution in [0.4, 0.5) is 5.69 Å². The fourth-order valence-electron chi connectivity index (χ4n) is 3.42. The molecule has 0 radical (unpaired) electrons. The summed E-state index contributed by atoms with van der Waals surface area (Å²) in [6, 6.07) is 13.8. The Kier molecular flexibility index (Phi) is 8.59. The summed E-state index contributed by atoms with van der Waals surface area (Å²) < 4.78 is 2.09. The van der Waals surface area contributed by atoms with Crippen LogP contribution in [0.25, 0.3) is 0 Å². The van der Waals surface area contributed by atoms with Gasteiger partial charge in [-0.3, -0.25) is 9.69 Å². The molecule has 2 aromatic carbocycles. The lowest BCUT2D eigenvalue weighted by atomic mass is 10.2. The van der Waals surface area contributed by atoms with Crippen LogP contribution in [-0.2, 0) is 11.3 Å². The molecule has 1 heterocycles. The summed E-state index contributed by atoms with van der Waals surface area (Å²) in [6.45, 7) is 4.63. The zero-order valence-corrected chi connectivity index (χ0v) is 20.9. The monoisotopic (exact) mass is 491 g/mol. The summed E-state index contributed by atoms with van der Waals surface area (Å²) in [5.74, 6) is 0.834. The number of thioether (sulfide) groups is 1. The van der Waals surface area contributed by atoms with Gasteiger partial charge in [0.25, 0.3) is 0 Å². The second-order valence-corrected chi connectivity index (χ2v) is 9.42. The van der Waals surface area contributed by atoms with Crippen LogP contribution in [0.5, 0.6) is 0 Å². The highest BCUT2D eigenvalue weighted by Crippen LogP contribution is 2.33. The Morgan fingerprint density at radius 1 is 1.16 bits per heavy atom. The molecule has 0 aliphatic carbocycles. The van der Waals surface area contributed by atoms with E-state index in [0.717, 1.165) is 23.4 Å². The number of aromatic nitrogens is 3. The van der Waals surface area contributed by atoms with Gasteiger partial charge in [0.1, 0.15) is 0 Å². The van der Waals surface area contributed by atoms with E-state index in [9.17, 15) is 4.79 Å². The average molecular weight is 492 g/mol. The first kappa shape index (κ1) is 24.6. The maximum absolute atomic E-state index is 12.7. The van der Waals surface area contributed by atoms with E-state index in [-0.39, 0.29) is 17.7 Å². The van der Waals surface area contributed by atoms with Crippen LogP contribution in [0.2, 0.25) is 10.0 Å². The maximum atomic E-state index is 12.7. The number of hydrogen-bond donors (Lipinski definition) is 1. The van der Waals surface area contributed by atoms with E-state index in [1.54, 1.807) is 6.07 Å². The summed E-state index contributed by atoms with van der Waals surface area (Å²) in [7, 11) is 4.07. The van der Waals surface area contributed by atoms with Crippen molar-refractivity contribution < 1.29 is 4.79 Å². The normalized spacial score (nSPS) is 12.2. The molecule has 3 aromatic rings. The van der Waals surface area contributed by atoms with E-state index in [2.05, 4.69) is 44.0 Å². The lowest BCUT2D eigenvalue weighted by Gasteiger charge is -2.23. The predicted octanol–water partition coefficient (Wildman–Crippen LogP) is 5.69. The second-order valence-electron chi connectivity index (χ2n) is 7.69. The number of amides is 1. The molecule has 1 aromatic heterocycles. The van der Waals surface area contributed by atoms with Crippen molar-refractivity contribution in [3.05, 3.63) is 69.5 Å². The van der Waals surface area contributed by atoms with Gasteiger partial charge in [-0.25, -0.2) is 0 Å². The predicted molar refractivity (Wildman–Crippen MR) is 133 cm³/mol. The molecule has 0 fully saturated rings. The minimum absolute atomic E-state index is 0.124. The molecular weight excluding hydrogens is 465 g/mol. The van der Waals surface area contributed by atoms with Crippen molar-refractivity contribution in [3.8, 4) is 0 Å². The molecule has 9 heteroatoms. The van der Waals surface area contributed by atoms with Gasteiger partial charge >= 0.3 is 0 Å². The molecule has 0 aliphatic rings. The van der Waals surface area contributed by atoms with Crippen molar-refractivity contribution in [2.75, 3.05) is 25.2 Å². The Morgan fingerprint density at radius 3 is 2.53 bits per heavy atom. The van der Waals surface area contributed by atoms with Gasteiger partial charge in [-0.1, -0.05) is 78.3 Å². The molecule has 0 bridgehead atoms. The average Bonchev–Trinajstić information content (AvgIpc) is 3.15. The van der Waals surface area contributed by atoms with Crippen LogP contribution in [0.15, 0.2) is 47.6 Å². The molecule has 170 valence electrons. The highest BCUT2D eigenvalue weighted by atomic mass is 35.5. The zero-order valence-electron chi connectivity index (χ0n) is 18.6. The number of nitrogens with zero attached hydrogens (tertiary/aromatic N) is 4. The number of halogens is 2. The van der Waals surface area contributed by atoms with Crippen molar-refractivity contribution in [1.29, 1.82) is 0 Å². The van der Waals surface area contributed by atoms with Gasteiger partial charge in [-0.15, -0.1) is 10.2 Å². The first-order chi connectivity index (χ1) is 15.3. The fourth-order valence-corrected chi connectivity index (χ4v) is 4.63. The third-order valence-corrected chi connectivity index (χ3v) is 6.89. The van der Waals surface area contributed by atoms with Crippen LogP contribution in [0.3, 0.4) is 0 Å². The van der Waals surface area contributed by atoms with Crippen LogP contribution < -0.4 is 5.32 Å². The van der Waals surface area contributed by atoms with Gasteiger partial charge in [-0.2, -0.15) is 0 Å². The van der Waals surface area contributed by atoms with Gasteiger partial charge in [-0.05, 0) is 44.6 Å². The SMILES string of the molecule is CCC(c1nnc(SCC(=O)Nc2c(Cl)ccc(C)c2Cl)n1Cc1ccccc1)N(C)C. The number of benzene rings is 2. The summed E-state index contributed by atoms with van der Waals surface area (Å²) in [5, 5.41) is 13.3. The van der Waals surface area contributed by atoms with Crippen molar-refractivity contribution in [3.63, 3.8) is 0 Å². The highest BCUT2D eigenvalue weighted by molar-refractivity contribution is 7.99. The van der Waals surface area contributed by atoms with Gasteiger partial charge < -0.3 is 9.88 Å². The summed E-state index contributed by atoms with van der Waals surface area (Å²) in [6.07, 6.45) is 0.898. The van der Waals surface area contributed by atoms with Crippen LogP contribution in [0, 0.1) is 6.92 Å². The molecule has 1 N–H and O–H groups in total. The Hall–Kier alpha value is -2.06. The summed E-state index contributed by atoms with van der Waals surface area (Å²) in [5.41, 5.74) is 2.43. The first-order valence-electron chi connectivity index (χ1n) is 10.3. The summed E-state index contributed by atoms with van der Waals surface area (Å²) >= 11 is 13.9. The molecule has 0 saturated carbocycles. The van der Waals surface area contributed by atoms with E-state index < -0.39 is 0 Å². The third-order valence-electron chi connectivity index (χ3n) is 5.12. The van der Waals surface area contributed by atoms with Crippen molar-refractivity contribution in [1.82, 2.24) is 19.7 Å². The largest absolute Gasteiger partial charge is 0.323 e. The van der Waals surface area contributed by atoms with Gasteiger partial charge in [0.2, 0.25) is 5.91 Å². The molecule has 1 amide bonds. The van der Waals surface area contributed by atoms with E-state index in [1.165, 1.54) is 11.8 Å². The van der Waals surface area contributed by atoms with E-state index >= 15 is 0 Å². The zero-order chi connectivity index (χ0) is 23.3.